The average Bonchev–Trinajstić information content (AvgIpc) is 2.89. The van der Waals surface area contributed by atoms with Gasteiger partial charge in [0.05, 0.1) is 30.2 Å². The lowest BCUT2D eigenvalue weighted by molar-refractivity contribution is -0.120. The van der Waals surface area contributed by atoms with E-state index in [1.807, 2.05) is 66.7 Å². The molecule has 1 amide bonds. The predicted octanol–water partition coefficient (Wildman–Crippen LogP) is 4.56. The van der Waals surface area contributed by atoms with E-state index >= 15 is 0 Å². The first kappa shape index (κ1) is 20.9. The SMILES string of the molecule is COc1ccccc1-c1ccc(N2CCC(C(=O)Nc3cnc4ccccc4c3)CC2)nn1. The molecule has 166 valence electrons. The summed E-state index contributed by atoms with van der Waals surface area (Å²) < 4.78 is 5.42. The van der Waals surface area contributed by atoms with E-state index in [4.69, 9.17) is 4.74 Å². The molecule has 3 heterocycles. The molecule has 33 heavy (non-hydrogen) atoms. The van der Waals surface area contributed by atoms with Gasteiger partial charge in [-0.05, 0) is 49.2 Å². The maximum absolute atomic E-state index is 12.8. The molecule has 0 unspecified atom stereocenters. The molecule has 4 aromatic rings. The summed E-state index contributed by atoms with van der Waals surface area (Å²) in [6.45, 7) is 1.52. The fourth-order valence-electron chi connectivity index (χ4n) is 4.25. The van der Waals surface area contributed by atoms with Crippen molar-refractivity contribution in [1.82, 2.24) is 15.2 Å². The van der Waals surface area contributed by atoms with E-state index in [1.54, 1.807) is 13.3 Å². The van der Waals surface area contributed by atoms with Gasteiger partial charge in [-0.1, -0.05) is 30.3 Å². The zero-order chi connectivity index (χ0) is 22.6. The number of nitrogens with one attached hydrogen (secondary N) is 1. The Balaban J connectivity index is 1.20. The van der Waals surface area contributed by atoms with E-state index < -0.39 is 0 Å². The zero-order valence-electron chi connectivity index (χ0n) is 18.4. The van der Waals surface area contributed by atoms with Gasteiger partial charge in [-0.2, -0.15) is 0 Å². The lowest BCUT2D eigenvalue weighted by Crippen LogP contribution is -2.38. The van der Waals surface area contributed by atoms with Crippen LogP contribution in [0, 0.1) is 5.92 Å². The van der Waals surface area contributed by atoms with Gasteiger partial charge >= 0.3 is 0 Å². The van der Waals surface area contributed by atoms with Gasteiger partial charge in [0.2, 0.25) is 5.91 Å². The van der Waals surface area contributed by atoms with Gasteiger partial charge in [0.1, 0.15) is 5.75 Å². The molecule has 0 saturated carbocycles. The van der Waals surface area contributed by atoms with Gasteiger partial charge in [0.15, 0.2) is 5.82 Å². The van der Waals surface area contributed by atoms with Crippen LogP contribution in [0.2, 0.25) is 0 Å². The largest absolute Gasteiger partial charge is 0.496 e. The van der Waals surface area contributed by atoms with Gasteiger partial charge in [0, 0.05) is 30.0 Å². The summed E-state index contributed by atoms with van der Waals surface area (Å²) in [6, 6.07) is 21.6. The van der Waals surface area contributed by atoms with E-state index in [9.17, 15) is 4.79 Å². The number of carbonyl (C=O) groups is 1. The van der Waals surface area contributed by atoms with Crippen molar-refractivity contribution in [3.05, 3.63) is 72.9 Å². The molecule has 1 fully saturated rings. The van der Waals surface area contributed by atoms with Crippen LogP contribution < -0.4 is 15.0 Å². The van der Waals surface area contributed by atoms with Crippen LogP contribution in [0.5, 0.6) is 5.75 Å². The Kier molecular flexibility index (Phi) is 5.85. The molecule has 0 bridgehead atoms. The summed E-state index contributed by atoms with van der Waals surface area (Å²) >= 11 is 0. The number of fused-ring (bicyclic) bond motifs is 1. The Morgan fingerprint density at radius 2 is 1.79 bits per heavy atom. The maximum Gasteiger partial charge on any atom is 0.227 e. The van der Waals surface area contributed by atoms with Crippen molar-refractivity contribution in [3.8, 4) is 17.0 Å². The van der Waals surface area contributed by atoms with Crippen LogP contribution in [-0.2, 0) is 4.79 Å². The van der Waals surface area contributed by atoms with Crippen LogP contribution in [-0.4, -0.2) is 41.3 Å². The number of amides is 1. The number of nitrogens with zero attached hydrogens (tertiary/aromatic N) is 4. The molecule has 7 heteroatoms. The van der Waals surface area contributed by atoms with Gasteiger partial charge in [-0.3, -0.25) is 9.78 Å². The Bertz CT molecular complexity index is 1270. The molecule has 2 aromatic heterocycles. The number of rotatable bonds is 5. The normalized spacial score (nSPS) is 14.3. The molecule has 1 saturated heterocycles. The van der Waals surface area contributed by atoms with Crippen molar-refractivity contribution < 1.29 is 9.53 Å². The molecule has 0 atom stereocenters. The molecule has 1 aliphatic rings. The molecular weight excluding hydrogens is 414 g/mol. The molecule has 0 spiro atoms. The van der Waals surface area contributed by atoms with E-state index in [1.165, 1.54) is 0 Å². The van der Waals surface area contributed by atoms with Crippen molar-refractivity contribution in [2.24, 2.45) is 5.92 Å². The Labute approximate surface area is 192 Å². The smallest absolute Gasteiger partial charge is 0.227 e. The third-order valence-electron chi connectivity index (χ3n) is 6.08. The number of hydrogen-bond donors (Lipinski definition) is 1. The Morgan fingerprint density at radius 1 is 1.00 bits per heavy atom. The second-order valence-corrected chi connectivity index (χ2v) is 8.14. The average molecular weight is 440 g/mol. The first-order chi connectivity index (χ1) is 16.2. The van der Waals surface area contributed by atoms with Gasteiger partial charge in [0.25, 0.3) is 0 Å². The molecule has 0 aliphatic carbocycles. The maximum atomic E-state index is 12.8. The number of methoxy groups -OCH3 is 1. The van der Waals surface area contributed by atoms with Gasteiger partial charge in [-0.15, -0.1) is 10.2 Å². The van der Waals surface area contributed by atoms with Crippen LogP contribution in [0.25, 0.3) is 22.2 Å². The van der Waals surface area contributed by atoms with E-state index in [0.717, 1.165) is 65.3 Å². The lowest BCUT2D eigenvalue weighted by atomic mass is 9.96. The van der Waals surface area contributed by atoms with Crippen LogP contribution in [0.1, 0.15) is 12.8 Å². The molecule has 5 rings (SSSR count). The minimum atomic E-state index is -0.0338. The summed E-state index contributed by atoms with van der Waals surface area (Å²) in [7, 11) is 1.65. The lowest BCUT2D eigenvalue weighted by Gasteiger charge is -2.31. The minimum Gasteiger partial charge on any atom is -0.496 e. The van der Waals surface area contributed by atoms with Crippen molar-refractivity contribution in [1.29, 1.82) is 0 Å². The van der Waals surface area contributed by atoms with E-state index in [2.05, 4.69) is 25.4 Å². The number of piperidine rings is 1. The first-order valence-corrected chi connectivity index (χ1v) is 11.1. The quantitative estimate of drug-likeness (QED) is 0.491. The highest BCUT2D eigenvalue weighted by atomic mass is 16.5. The highest BCUT2D eigenvalue weighted by Crippen LogP contribution is 2.29. The summed E-state index contributed by atoms with van der Waals surface area (Å²) in [5.74, 6) is 1.61. The van der Waals surface area contributed by atoms with E-state index in [-0.39, 0.29) is 11.8 Å². The summed E-state index contributed by atoms with van der Waals surface area (Å²) in [6.07, 6.45) is 3.25. The van der Waals surface area contributed by atoms with Crippen LogP contribution in [0.4, 0.5) is 11.5 Å². The van der Waals surface area contributed by atoms with Crippen LogP contribution >= 0.6 is 0 Å². The van der Waals surface area contributed by atoms with E-state index in [0.29, 0.717) is 0 Å². The molecule has 0 radical (unpaired) electrons. The second-order valence-electron chi connectivity index (χ2n) is 8.14. The summed E-state index contributed by atoms with van der Waals surface area (Å²) in [4.78, 5) is 19.4. The number of carbonyl (C=O) groups excluding carboxylic acids is 1. The molecule has 1 N–H and O–H groups in total. The molecular formula is C26H25N5O2. The monoisotopic (exact) mass is 439 g/mol. The predicted molar refractivity (Wildman–Crippen MR) is 129 cm³/mol. The topological polar surface area (TPSA) is 80.2 Å². The van der Waals surface area contributed by atoms with Crippen molar-refractivity contribution in [3.63, 3.8) is 0 Å². The molecule has 7 nitrogen and oxygen atoms in total. The minimum absolute atomic E-state index is 0.0338. The van der Waals surface area contributed by atoms with Crippen molar-refractivity contribution in [2.45, 2.75) is 12.8 Å². The summed E-state index contributed by atoms with van der Waals surface area (Å²) in [5.41, 5.74) is 3.34. The standard InChI is InChI=1S/C26H25N5O2/c1-33-24-9-5-3-7-21(24)23-10-11-25(30-29-23)31-14-12-18(13-15-31)26(32)28-20-16-19-6-2-4-8-22(19)27-17-20/h2-11,16-18H,12-15H2,1H3,(H,28,32). The molecule has 1 aliphatic heterocycles. The van der Waals surface area contributed by atoms with Crippen LogP contribution in [0.3, 0.4) is 0 Å². The van der Waals surface area contributed by atoms with Crippen LogP contribution in [0.15, 0.2) is 72.9 Å². The third-order valence-corrected chi connectivity index (χ3v) is 6.08. The number of para-hydroxylation sites is 2. The summed E-state index contributed by atoms with van der Waals surface area (Å²) in [5, 5.41) is 12.9. The third kappa shape index (κ3) is 4.48. The number of hydrogen-bond acceptors (Lipinski definition) is 6. The van der Waals surface area contributed by atoms with Gasteiger partial charge < -0.3 is 15.0 Å². The van der Waals surface area contributed by atoms with Gasteiger partial charge in [-0.25, -0.2) is 0 Å². The highest BCUT2D eigenvalue weighted by molar-refractivity contribution is 5.94. The Hall–Kier alpha value is -4.00. The Morgan fingerprint density at radius 3 is 2.58 bits per heavy atom. The number of aromatic nitrogens is 3. The first-order valence-electron chi connectivity index (χ1n) is 11.1. The second kappa shape index (κ2) is 9.24. The number of pyridine rings is 1. The fourth-order valence-corrected chi connectivity index (χ4v) is 4.25. The number of ether oxygens (including phenoxy) is 1. The van der Waals surface area contributed by atoms with Crippen molar-refractivity contribution in [2.75, 3.05) is 30.4 Å². The zero-order valence-corrected chi connectivity index (χ0v) is 18.4. The van der Waals surface area contributed by atoms with Crippen molar-refractivity contribution >= 4 is 28.3 Å². The molecule has 2 aromatic carbocycles. The fraction of sp³-hybridized carbons (Fsp3) is 0.231. The number of anilines is 2. The number of benzene rings is 2. The highest BCUT2D eigenvalue weighted by Gasteiger charge is 2.26.